The van der Waals surface area contributed by atoms with E-state index in [1.54, 1.807) is 19.2 Å². The third kappa shape index (κ3) is 4.49. The molecule has 0 heterocycles. The highest BCUT2D eigenvalue weighted by molar-refractivity contribution is 8.00. The molecule has 0 N–H and O–H groups in total. The normalized spacial score (nSPS) is 10.5. The van der Waals surface area contributed by atoms with Gasteiger partial charge in [0.1, 0.15) is 5.82 Å². The molecule has 0 aromatic heterocycles. The number of benzene rings is 2. The highest BCUT2D eigenvalue weighted by Crippen LogP contribution is 2.22. The van der Waals surface area contributed by atoms with Crippen molar-refractivity contribution in [3.05, 3.63) is 64.4 Å². The number of nitrogens with zero attached hydrogens (tertiary/aromatic N) is 1. The van der Waals surface area contributed by atoms with E-state index >= 15 is 0 Å². The zero-order valence-corrected chi connectivity index (χ0v) is 14.0. The number of carbonyl (C=O) groups excluding carboxylic acids is 1. The molecule has 0 saturated heterocycles. The van der Waals surface area contributed by atoms with Crippen LogP contribution in [-0.4, -0.2) is 23.6 Å². The van der Waals surface area contributed by atoms with Crippen LogP contribution in [0.5, 0.6) is 0 Å². The van der Waals surface area contributed by atoms with Gasteiger partial charge in [-0.1, -0.05) is 35.4 Å². The van der Waals surface area contributed by atoms with E-state index in [-0.39, 0.29) is 12.5 Å². The largest absolute Gasteiger partial charge is 0.341 e. The molecule has 5 heteroatoms. The van der Waals surface area contributed by atoms with Crippen LogP contribution in [0.1, 0.15) is 11.1 Å². The van der Waals surface area contributed by atoms with Crippen molar-refractivity contribution in [2.24, 2.45) is 0 Å². The first-order chi connectivity index (χ1) is 10.5. The molecule has 1 amide bonds. The number of hydrogen-bond acceptors (Lipinski definition) is 2. The lowest BCUT2D eigenvalue weighted by atomic mass is 10.2. The van der Waals surface area contributed by atoms with Crippen molar-refractivity contribution < 1.29 is 9.18 Å². The second kappa shape index (κ2) is 7.65. The Labute approximate surface area is 139 Å². The van der Waals surface area contributed by atoms with Gasteiger partial charge in [0.15, 0.2) is 0 Å². The SMILES string of the molecule is Cc1ccc(SCC(=O)N(C)Cc2c(F)cccc2Cl)cc1. The third-order valence-corrected chi connectivity index (χ3v) is 4.62. The molecule has 0 aliphatic rings. The van der Waals surface area contributed by atoms with E-state index in [9.17, 15) is 9.18 Å². The average Bonchev–Trinajstić information content (AvgIpc) is 2.50. The van der Waals surface area contributed by atoms with E-state index in [0.29, 0.717) is 16.3 Å². The van der Waals surface area contributed by atoms with Gasteiger partial charge in [0.05, 0.1) is 5.75 Å². The molecule has 0 bridgehead atoms. The molecule has 0 saturated carbocycles. The summed E-state index contributed by atoms with van der Waals surface area (Å²) >= 11 is 7.45. The van der Waals surface area contributed by atoms with E-state index < -0.39 is 5.82 Å². The monoisotopic (exact) mass is 337 g/mol. The van der Waals surface area contributed by atoms with Crippen LogP contribution in [0.3, 0.4) is 0 Å². The molecule has 2 aromatic rings. The van der Waals surface area contributed by atoms with Gasteiger partial charge >= 0.3 is 0 Å². The minimum Gasteiger partial charge on any atom is -0.341 e. The van der Waals surface area contributed by atoms with Crippen LogP contribution in [0.15, 0.2) is 47.4 Å². The van der Waals surface area contributed by atoms with Crippen LogP contribution in [0.2, 0.25) is 5.02 Å². The summed E-state index contributed by atoms with van der Waals surface area (Å²) in [6.45, 7) is 2.18. The second-order valence-corrected chi connectivity index (χ2v) is 6.51. The summed E-state index contributed by atoms with van der Waals surface area (Å²) < 4.78 is 13.7. The lowest BCUT2D eigenvalue weighted by molar-refractivity contribution is -0.127. The zero-order chi connectivity index (χ0) is 16.1. The van der Waals surface area contributed by atoms with Gasteiger partial charge in [0.2, 0.25) is 5.91 Å². The Balaban J connectivity index is 1.93. The number of halogens is 2. The van der Waals surface area contributed by atoms with Gasteiger partial charge in [-0.05, 0) is 31.2 Å². The fourth-order valence-corrected chi connectivity index (χ4v) is 2.96. The lowest BCUT2D eigenvalue weighted by Crippen LogP contribution is -2.28. The van der Waals surface area contributed by atoms with Crippen molar-refractivity contribution in [3.8, 4) is 0 Å². The maximum atomic E-state index is 13.7. The van der Waals surface area contributed by atoms with E-state index in [1.807, 2.05) is 31.2 Å². The van der Waals surface area contributed by atoms with Gasteiger partial charge in [0, 0.05) is 29.1 Å². The van der Waals surface area contributed by atoms with Crippen molar-refractivity contribution in [2.45, 2.75) is 18.4 Å². The predicted octanol–water partition coefficient (Wildman–Crippen LogP) is 4.54. The number of carbonyl (C=O) groups is 1. The first kappa shape index (κ1) is 16.8. The smallest absolute Gasteiger partial charge is 0.232 e. The molecular weight excluding hydrogens is 321 g/mol. The Morgan fingerprint density at radius 1 is 1.23 bits per heavy atom. The Morgan fingerprint density at radius 2 is 1.91 bits per heavy atom. The van der Waals surface area contributed by atoms with Crippen molar-refractivity contribution in [1.29, 1.82) is 0 Å². The van der Waals surface area contributed by atoms with Crippen LogP contribution < -0.4 is 0 Å². The second-order valence-electron chi connectivity index (χ2n) is 5.05. The molecule has 0 atom stereocenters. The number of rotatable bonds is 5. The standard InChI is InChI=1S/C17H17ClFNOS/c1-12-6-8-13(9-7-12)22-11-17(21)20(2)10-14-15(18)4-3-5-16(14)19/h3-9H,10-11H2,1-2H3. The van der Waals surface area contributed by atoms with Gasteiger partial charge < -0.3 is 4.90 Å². The van der Waals surface area contributed by atoms with Crippen molar-refractivity contribution in [1.82, 2.24) is 4.90 Å². The summed E-state index contributed by atoms with van der Waals surface area (Å²) in [6, 6.07) is 12.5. The van der Waals surface area contributed by atoms with Crippen LogP contribution in [0, 0.1) is 12.7 Å². The minimum atomic E-state index is -0.390. The van der Waals surface area contributed by atoms with Crippen molar-refractivity contribution in [3.63, 3.8) is 0 Å². The summed E-state index contributed by atoms with van der Waals surface area (Å²) in [6.07, 6.45) is 0. The lowest BCUT2D eigenvalue weighted by Gasteiger charge is -2.18. The van der Waals surface area contributed by atoms with E-state index in [2.05, 4.69) is 0 Å². The fourth-order valence-electron chi connectivity index (χ4n) is 1.90. The Hall–Kier alpha value is -1.52. The molecule has 2 nitrogen and oxygen atoms in total. The molecule has 2 aromatic carbocycles. The fraction of sp³-hybridized carbons (Fsp3) is 0.235. The molecule has 0 unspecified atom stereocenters. The zero-order valence-electron chi connectivity index (χ0n) is 12.5. The summed E-state index contributed by atoms with van der Waals surface area (Å²) in [5.74, 6) is -0.144. The minimum absolute atomic E-state index is 0.0649. The molecule has 0 spiro atoms. The van der Waals surface area contributed by atoms with E-state index in [4.69, 9.17) is 11.6 Å². The third-order valence-electron chi connectivity index (χ3n) is 3.27. The van der Waals surface area contributed by atoms with Gasteiger partial charge in [-0.2, -0.15) is 0 Å². The number of hydrogen-bond donors (Lipinski definition) is 0. The summed E-state index contributed by atoms with van der Waals surface area (Å²) in [7, 11) is 1.65. The van der Waals surface area contributed by atoms with Gasteiger partial charge in [0.25, 0.3) is 0 Å². The summed E-state index contributed by atoms with van der Waals surface area (Å²) in [5.41, 5.74) is 1.53. The van der Waals surface area contributed by atoms with Crippen molar-refractivity contribution >= 4 is 29.3 Å². The van der Waals surface area contributed by atoms with Gasteiger partial charge in [-0.15, -0.1) is 11.8 Å². The number of amides is 1. The molecule has 2 rings (SSSR count). The maximum absolute atomic E-state index is 13.7. The summed E-state index contributed by atoms with van der Waals surface area (Å²) in [5, 5.41) is 0.339. The van der Waals surface area contributed by atoms with Crippen LogP contribution >= 0.6 is 23.4 Å². The Kier molecular flexibility index (Phi) is 5.86. The highest BCUT2D eigenvalue weighted by atomic mass is 35.5. The Bertz CT molecular complexity index is 640. The molecule has 0 aliphatic heterocycles. The average molecular weight is 338 g/mol. The topological polar surface area (TPSA) is 20.3 Å². The number of aryl methyl sites for hydroxylation is 1. The van der Waals surface area contributed by atoms with Crippen molar-refractivity contribution in [2.75, 3.05) is 12.8 Å². The molecule has 22 heavy (non-hydrogen) atoms. The predicted molar refractivity (Wildman–Crippen MR) is 89.8 cm³/mol. The molecular formula is C17H17ClFNOS. The first-order valence-electron chi connectivity index (χ1n) is 6.83. The summed E-state index contributed by atoms with van der Waals surface area (Å²) in [4.78, 5) is 14.7. The molecule has 0 aliphatic carbocycles. The quantitative estimate of drug-likeness (QED) is 0.747. The highest BCUT2D eigenvalue weighted by Gasteiger charge is 2.14. The van der Waals surface area contributed by atoms with Crippen LogP contribution in [-0.2, 0) is 11.3 Å². The van der Waals surface area contributed by atoms with E-state index in [1.165, 1.54) is 28.3 Å². The van der Waals surface area contributed by atoms with E-state index in [0.717, 1.165) is 4.90 Å². The number of thioether (sulfide) groups is 1. The maximum Gasteiger partial charge on any atom is 0.232 e. The van der Waals surface area contributed by atoms with Gasteiger partial charge in [-0.25, -0.2) is 4.39 Å². The molecule has 0 fully saturated rings. The molecule has 0 radical (unpaired) electrons. The van der Waals surface area contributed by atoms with Crippen LogP contribution in [0.4, 0.5) is 4.39 Å². The molecule has 116 valence electrons. The van der Waals surface area contributed by atoms with Gasteiger partial charge in [-0.3, -0.25) is 4.79 Å². The Morgan fingerprint density at radius 3 is 2.55 bits per heavy atom. The first-order valence-corrected chi connectivity index (χ1v) is 8.20. The van der Waals surface area contributed by atoms with Crippen LogP contribution in [0.25, 0.3) is 0 Å².